The first-order valence-corrected chi connectivity index (χ1v) is 6.71. The molecule has 0 aromatic heterocycles. The Bertz CT molecular complexity index is 209. The average Bonchev–Trinajstić information content (AvgIpc) is 2.63. The van der Waals surface area contributed by atoms with E-state index < -0.39 is 0 Å². The van der Waals surface area contributed by atoms with Crippen molar-refractivity contribution in [3.63, 3.8) is 0 Å². The Balaban J connectivity index is 2.24. The van der Waals surface area contributed by atoms with Gasteiger partial charge in [0.2, 0.25) is 5.91 Å². The topological polar surface area (TPSA) is 29.5 Å². The van der Waals surface area contributed by atoms with Gasteiger partial charge in [0, 0.05) is 18.4 Å². The van der Waals surface area contributed by atoms with Gasteiger partial charge < -0.3 is 9.64 Å². The van der Waals surface area contributed by atoms with Crippen LogP contribution in [0.1, 0.15) is 26.7 Å². The second kappa shape index (κ2) is 6.48. The fourth-order valence-corrected chi connectivity index (χ4v) is 2.43. The molecule has 0 aromatic rings. The number of rotatable bonds is 5. The molecule has 1 fully saturated rings. The molecule has 1 atom stereocenters. The van der Waals surface area contributed by atoms with Crippen molar-refractivity contribution in [1.82, 2.24) is 4.90 Å². The van der Waals surface area contributed by atoms with Gasteiger partial charge in [0.15, 0.2) is 0 Å². The summed E-state index contributed by atoms with van der Waals surface area (Å²) in [6, 6.07) is 0. The third-order valence-corrected chi connectivity index (χ3v) is 3.15. The molecule has 0 saturated carbocycles. The highest BCUT2D eigenvalue weighted by molar-refractivity contribution is 9.09. The summed E-state index contributed by atoms with van der Waals surface area (Å²) >= 11 is 3.44. The molecule has 15 heavy (non-hydrogen) atoms. The van der Waals surface area contributed by atoms with Crippen LogP contribution < -0.4 is 0 Å². The van der Waals surface area contributed by atoms with Crippen molar-refractivity contribution in [2.75, 3.05) is 25.0 Å². The summed E-state index contributed by atoms with van der Waals surface area (Å²) in [7, 11) is 0. The fourth-order valence-electron chi connectivity index (χ4n) is 1.78. The summed E-state index contributed by atoms with van der Waals surface area (Å²) in [4.78, 5) is 13.6. The van der Waals surface area contributed by atoms with E-state index >= 15 is 0 Å². The summed E-state index contributed by atoms with van der Waals surface area (Å²) < 4.78 is 5.31. The maximum absolute atomic E-state index is 11.7. The molecule has 0 radical (unpaired) electrons. The molecular weight excluding hydrogens is 258 g/mol. The Morgan fingerprint density at radius 2 is 2.33 bits per heavy atom. The maximum atomic E-state index is 11.7. The number of nitrogens with zero attached hydrogens (tertiary/aromatic N) is 1. The number of alkyl halides is 1. The van der Waals surface area contributed by atoms with Crippen LogP contribution in [-0.4, -0.2) is 41.9 Å². The molecule has 1 unspecified atom stereocenters. The third kappa shape index (κ3) is 4.51. The van der Waals surface area contributed by atoms with E-state index in [-0.39, 0.29) is 18.6 Å². The van der Waals surface area contributed by atoms with Gasteiger partial charge in [-0.2, -0.15) is 0 Å². The summed E-state index contributed by atoms with van der Waals surface area (Å²) in [5.74, 6) is 0.813. The van der Waals surface area contributed by atoms with E-state index in [1.807, 2.05) is 18.7 Å². The quantitative estimate of drug-likeness (QED) is 0.720. The Morgan fingerprint density at radius 3 is 2.93 bits per heavy atom. The maximum Gasteiger partial charge on any atom is 0.248 e. The van der Waals surface area contributed by atoms with E-state index in [0.717, 1.165) is 31.3 Å². The molecule has 3 nitrogen and oxygen atoms in total. The van der Waals surface area contributed by atoms with E-state index in [2.05, 4.69) is 15.9 Å². The smallest absolute Gasteiger partial charge is 0.248 e. The van der Waals surface area contributed by atoms with Crippen molar-refractivity contribution < 1.29 is 9.53 Å². The monoisotopic (exact) mass is 277 g/mol. The van der Waals surface area contributed by atoms with Crippen molar-refractivity contribution in [1.29, 1.82) is 0 Å². The minimum atomic E-state index is 0.134. The van der Waals surface area contributed by atoms with Crippen LogP contribution in [0.15, 0.2) is 0 Å². The van der Waals surface area contributed by atoms with Crippen LogP contribution in [0.3, 0.4) is 0 Å². The largest absolute Gasteiger partial charge is 0.369 e. The fraction of sp³-hybridized carbons (Fsp3) is 0.909. The number of likely N-dealkylation sites (tertiary alicyclic amines) is 1. The normalized spacial score (nSPS) is 21.3. The number of amides is 1. The molecule has 1 heterocycles. The molecule has 4 heteroatoms. The Hall–Kier alpha value is -0.0900. The van der Waals surface area contributed by atoms with Gasteiger partial charge in [0.05, 0.1) is 6.10 Å². The summed E-state index contributed by atoms with van der Waals surface area (Å²) in [5, 5.41) is 1.03. The van der Waals surface area contributed by atoms with Gasteiger partial charge in [-0.3, -0.25) is 4.79 Å². The van der Waals surface area contributed by atoms with Crippen molar-refractivity contribution in [2.45, 2.75) is 32.8 Å². The van der Waals surface area contributed by atoms with Crippen molar-refractivity contribution in [2.24, 2.45) is 5.92 Å². The molecule has 0 bridgehead atoms. The second-order valence-corrected chi connectivity index (χ2v) is 5.12. The molecule has 1 saturated heterocycles. The van der Waals surface area contributed by atoms with E-state index in [0.29, 0.717) is 5.92 Å². The van der Waals surface area contributed by atoms with Crippen molar-refractivity contribution in [3.05, 3.63) is 0 Å². The molecule has 1 rings (SSSR count). The molecule has 0 aliphatic carbocycles. The predicted octanol–water partition coefficient (Wildman–Crippen LogP) is 2.04. The molecular formula is C11H20BrNO2. The zero-order valence-corrected chi connectivity index (χ0v) is 11.1. The summed E-state index contributed by atoms with van der Waals surface area (Å²) in [6.07, 6.45) is 2.43. The first kappa shape index (κ1) is 13.0. The summed E-state index contributed by atoms with van der Waals surface area (Å²) in [5.41, 5.74) is 0. The molecule has 0 N–H and O–H groups in total. The van der Waals surface area contributed by atoms with Crippen molar-refractivity contribution in [3.8, 4) is 0 Å². The van der Waals surface area contributed by atoms with Crippen LogP contribution in [0, 0.1) is 5.92 Å². The van der Waals surface area contributed by atoms with Crippen LogP contribution >= 0.6 is 15.9 Å². The molecule has 0 aromatic carbocycles. The zero-order valence-electron chi connectivity index (χ0n) is 9.54. The van der Waals surface area contributed by atoms with Crippen LogP contribution in [0.25, 0.3) is 0 Å². The first-order valence-electron chi connectivity index (χ1n) is 5.58. The molecule has 0 spiro atoms. The van der Waals surface area contributed by atoms with Gasteiger partial charge in [-0.15, -0.1) is 0 Å². The minimum absolute atomic E-state index is 0.134. The lowest BCUT2D eigenvalue weighted by molar-refractivity contribution is -0.136. The highest BCUT2D eigenvalue weighted by Crippen LogP contribution is 2.20. The number of carbonyl (C=O) groups is 1. The predicted molar refractivity (Wildman–Crippen MR) is 64.2 cm³/mol. The number of carbonyl (C=O) groups excluding carboxylic acids is 1. The minimum Gasteiger partial charge on any atom is -0.369 e. The van der Waals surface area contributed by atoms with E-state index in [1.54, 1.807) is 0 Å². The van der Waals surface area contributed by atoms with Gasteiger partial charge in [0.1, 0.15) is 6.61 Å². The lowest BCUT2D eigenvalue weighted by Crippen LogP contribution is -2.32. The van der Waals surface area contributed by atoms with Crippen molar-refractivity contribution >= 4 is 21.8 Å². The number of halogens is 1. The second-order valence-electron chi connectivity index (χ2n) is 4.33. The standard InChI is InChI=1S/C11H20BrNO2/c1-9(2)15-8-11(14)13-6-4-10(7-13)3-5-12/h9-10H,3-8H2,1-2H3. The number of ether oxygens (including phenoxy) is 1. The van der Waals surface area contributed by atoms with E-state index in [9.17, 15) is 4.79 Å². The highest BCUT2D eigenvalue weighted by atomic mass is 79.9. The molecule has 1 aliphatic heterocycles. The lowest BCUT2D eigenvalue weighted by Gasteiger charge is -2.17. The van der Waals surface area contributed by atoms with Crippen LogP contribution in [0.2, 0.25) is 0 Å². The first-order chi connectivity index (χ1) is 7.13. The molecule has 1 amide bonds. The Labute approximate surface area is 100 Å². The number of hydrogen-bond acceptors (Lipinski definition) is 2. The average molecular weight is 278 g/mol. The molecule has 88 valence electrons. The summed E-state index contributed by atoms with van der Waals surface area (Å²) in [6.45, 7) is 5.94. The van der Waals surface area contributed by atoms with Gasteiger partial charge in [0.25, 0.3) is 0 Å². The molecule has 1 aliphatic rings. The van der Waals surface area contributed by atoms with E-state index in [4.69, 9.17) is 4.74 Å². The van der Waals surface area contributed by atoms with E-state index in [1.165, 1.54) is 0 Å². The van der Waals surface area contributed by atoms with Gasteiger partial charge in [-0.1, -0.05) is 15.9 Å². The van der Waals surface area contributed by atoms with Gasteiger partial charge >= 0.3 is 0 Å². The SMILES string of the molecule is CC(C)OCC(=O)N1CCC(CCBr)C1. The number of hydrogen-bond donors (Lipinski definition) is 0. The van der Waals surface area contributed by atoms with Gasteiger partial charge in [-0.25, -0.2) is 0 Å². The van der Waals surface area contributed by atoms with Crippen LogP contribution in [0.4, 0.5) is 0 Å². The van der Waals surface area contributed by atoms with Crippen LogP contribution in [0.5, 0.6) is 0 Å². The Kier molecular flexibility index (Phi) is 5.61. The lowest BCUT2D eigenvalue weighted by atomic mass is 10.1. The van der Waals surface area contributed by atoms with Gasteiger partial charge in [-0.05, 0) is 32.6 Å². The third-order valence-electron chi connectivity index (χ3n) is 2.70. The zero-order chi connectivity index (χ0) is 11.3. The van der Waals surface area contributed by atoms with Crippen LogP contribution in [-0.2, 0) is 9.53 Å². The highest BCUT2D eigenvalue weighted by Gasteiger charge is 2.25. The Morgan fingerprint density at radius 1 is 1.60 bits per heavy atom.